The van der Waals surface area contributed by atoms with Crippen LogP contribution in [0, 0.1) is 0 Å². The molecule has 1 aromatic rings. The Balaban J connectivity index is 2.01. The van der Waals surface area contributed by atoms with E-state index < -0.39 is 0 Å². The molecule has 1 aromatic carbocycles. The number of halogens is 1. The lowest BCUT2D eigenvalue weighted by Gasteiger charge is -2.46. The van der Waals surface area contributed by atoms with Crippen molar-refractivity contribution in [2.75, 3.05) is 0 Å². The van der Waals surface area contributed by atoms with Crippen molar-refractivity contribution >= 4 is 15.9 Å². The minimum Gasteiger partial charge on any atom is -0.487 e. The number of benzene rings is 1. The Morgan fingerprint density at radius 3 is 2.87 bits per heavy atom. The third-order valence-corrected chi connectivity index (χ3v) is 3.98. The summed E-state index contributed by atoms with van der Waals surface area (Å²) in [6, 6.07) is 5.84. The SMILES string of the molecule is OC1CC2(CCC2)Oc2cc(Br)ccc21. The van der Waals surface area contributed by atoms with Gasteiger partial charge in [-0.3, -0.25) is 0 Å². The first-order valence-electron chi connectivity index (χ1n) is 5.35. The zero-order valence-electron chi connectivity index (χ0n) is 8.37. The van der Waals surface area contributed by atoms with E-state index in [1.54, 1.807) is 0 Å². The molecule has 3 rings (SSSR count). The standard InChI is InChI=1S/C12H13BrO2/c13-8-2-3-9-10(14)7-12(4-1-5-12)15-11(9)6-8/h2-3,6,10,14H,1,4-5,7H2. The number of aliphatic hydroxyl groups is 1. The van der Waals surface area contributed by atoms with Gasteiger partial charge in [0.05, 0.1) is 6.10 Å². The van der Waals surface area contributed by atoms with Crippen molar-refractivity contribution in [2.24, 2.45) is 0 Å². The normalized spacial score (nSPS) is 26.7. The topological polar surface area (TPSA) is 29.5 Å². The lowest BCUT2D eigenvalue weighted by molar-refractivity contribution is -0.0663. The molecule has 1 saturated carbocycles. The third kappa shape index (κ3) is 1.49. The van der Waals surface area contributed by atoms with E-state index in [2.05, 4.69) is 15.9 Å². The predicted molar refractivity (Wildman–Crippen MR) is 60.9 cm³/mol. The number of rotatable bonds is 0. The maximum absolute atomic E-state index is 10.1. The Labute approximate surface area is 97.4 Å². The van der Waals surface area contributed by atoms with Gasteiger partial charge in [-0.1, -0.05) is 22.0 Å². The second kappa shape index (κ2) is 3.22. The highest BCUT2D eigenvalue weighted by Gasteiger charge is 2.45. The number of aliphatic hydroxyl groups excluding tert-OH is 1. The smallest absolute Gasteiger partial charge is 0.127 e. The van der Waals surface area contributed by atoms with Crippen LogP contribution in [-0.4, -0.2) is 10.7 Å². The summed E-state index contributed by atoms with van der Waals surface area (Å²) in [5.74, 6) is 0.850. The van der Waals surface area contributed by atoms with E-state index in [0.29, 0.717) is 0 Å². The van der Waals surface area contributed by atoms with E-state index in [1.165, 1.54) is 6.42 Å². The Morgan fingerprint density at radius 2 is 2.20 bits per heavy atom. The fourth-order valence-electron chi connectivity index (χ4n) is 2.49. The van der Waals surface area contributed by atoms with Crippen molar-refractivity contribution < 1.29 is 9.84 Å². The molecule has 15 heavy (non-hydrogen) atoms. The molecular weight excluding hydrogens is 256 g/mol. The van der Waals surface area contributed by atoms with Gasteiger partial charge in [0.1, 0.15) is 11.4 Å². The number of hydrogen-bond donors (Lipinski definition) is 1. The van der Waals surface area contributed by atoms with Crippen molar-refractivity contribution in [3.05, 3.63) is 28.2 Å². The highest BCUT2D eigenvalue weighted by Crippen LogP contribution is 2.49. The van der Waals surface area contributed by atoms with E-state index in [4.69, 9.17) is 4.74 Å². The summed E-state index contributed by atoms with van der Waals surface area (Å²) in [5, 5.41) is 10.1. The fourth-order valence-corrected chi connectivity index (χ4v) is 2.83. The van der Waals surface area contributed by atoms with E-state index in [-0.39, 0.29) is 11.7 Å². The summed E-state index contributed by atoms with van der Waals surface area (Å²) in [4.78, 5) is 0. The predicted octanol–water partition coefficient (Wildman–Crippen LogP) is 3.19. The van der Waals surface area contributed by atoms with Crippen LogP contribution in [-0.2, 0) is 0 Å². The van der Waals surface area contributed by atoms with Crippen LogP contribution in [0.15, 0.2) is 22.7 Å². The van der Waals surface area contributed by atoms with Crippen LogP contribution in [0.3, 0.4) is 0 Å². The van der Waals surface area contributed by atoms with E-state index >= 15 is 0 Å². The highest BCUT2D eigenvalue weighted by molar-refractivity contribution is 9.10. The molecule has 1 atom stereocenters. The molecular formula is C12H13BrO2. The van der Waals surface area contributed by atoms with Crippen molar-refractivity contribution in [3.63, 3.8) is 0 Å². The number of ether oxygens (including phenoxy) is 1. The van der Waals surface area contributed by atoms with Crippen LogP contribution in [0.4, 0.5) is 0 Å². The summed E-state index contributed by atoms with van der Waals surface area (Å²) < 4.78 is 7.02. The Bertz CT molecular complexity index is 399. The van der Waals surface area contributed by atoms with Gasteiger partial charge in [-0.05, 0) is 31.4 Å². The van der Waals surface area contributed by atoms with Crippen molar-refractivity contribution in [3.8, 4) is 5.75 Å². The van der Waals surface area contributed by atoms with Gasteiger partial charge in [0.2, 0.25) is 0 Å². The molecule has 1 spiro atoms. The lowest BCUT2D eigenvalue weighted by atomic mass is 9.73. The zero-order chi connectivity index (χ0) is 10.5. The molecule has 0 radical (unpaired) electrons. The molecule has 0 saturated heterocycles. The quantitative estimate of drug-likeness (QED) is 0.783. The summed E-state index contributed by atoms with van der Waals surface area (Å²) in [6.45, 7) is 0. The molecule has 1 aliphatic heterocycles. The first-order chi connectivity index (χ1) is 7.19. The molecule has 3 heteroatoms. The largest absolute Gasteiger partial charge is 0.487 e. The van der Waals surface area contributed by atoms with Crippen LogP contribution in [0.1, 0.15) is 37.4 Å². The zero-order valence-corrected chi connectivity index (χ0v) is 9.96. The molecule has 1 N–H and O–H groups in total. The maximum Gasteiger partial charge on any atom is 0.127 e. The van der Waals surface area contributed by atoms with Gasteiger partial charge in [0.15, 0.2) is 0 Å². The Kier molecular flexibility index (Phi) is 2.08. The molecule has 1 fully saturated rings. The van der Waals surface area contributed by atoms with Gasteiger partial charge in [-0.25, -0.2) is 0 Å². The van der Waals surface area contributed by atoms with Crippen LogP contribution in [0.25, 0.3) is 0 Å². The average molecular weight is 269 g/mol. The molecule has 2 aliphatic rings. The number of fused-ring (bicyclic) bond motifs is 1. The van der Waals surface area contributed by atoms with Crippen LogP contribution in [0.2, 0.25) is 0 Å². The minimum atomic E-state index is -0.359. The van der Waals surface area contributed by atoms with Crippen molar-refractivity contribution in [1.82, 2.24) is 0 Å². The summed E-state index contributed by atoms with van der Waals surface area (Å²) >= 11 is 3.43. The molecule has 0 aromatic heterocycles. The molecule has 0 amide bonds. The molecule has 1 aliphatic carbocycles. The van der Waals surface area contributed by atoms with E-state index in [0.717, 1.165) is 35.0 Å². The average Bonchev–Trinajstić information content (AvgIpc) is 2.14. The van der Waals surface area contributed by atoms with Gasteiger partial charge in [-0.2, -0.15) is 0 Å². The molecule has 80 valence electrons. The summed E-state index contributed by atoms with van der Waals surface area (Å²) in [6.07, 6.45) is 3.77. The monoisotopic (exact) mass is 268 g/mol. The molecule has 1 heterocycles. The van der Waals surface area contributed by atoms with Gasteiger partial charge in [0.25, 0.3) is 0 Å². The van der Waals surface area contributed by atoms with E-state index in [1.807, 2.05) is 18.2 Å². The second-order valence-electron chi connectivity index (χ2n) is 4.54. The second-order valence-corrected chi connectivity index (χ2v) is 5.46. The summed E-state index contributed by atoms with van der Waals surface area (Å²) in [7, 11) is 0. The van der Waals surface area contributed by atoms with Gasteiger partial charge in [-0.15, -0.1) is 0 Å². The van der Waals surface area contributed by atoms with Gasteiger partial charge < -0.3 is 9.84 Å². The van der Waals surface area contributed by atoms with E-state index in [9.17, 15) is 5.11 Å². The minimum absolute atomic E-state index is 0.0623. The first-order valence-corrected chi connectivity index (χ1v) is 6.14. The Hall–Kier alpha value is -0.540. The first kappa shape index (κ1) is 9.67. The van der Waals surface area contributed by atoms with Crippen LogP contribution >= 0.6 is 15.9 Å². The van der Waals surface area contributed by atoms with Crippen molar-refractivity contribution in [1.29, 1.82) is 0 Å². The fraction of sp³-hybridized carbons (Fsp3) is 0.500. The Morgan fingerprint density at radius 1 is 1.40 bits per heavy atom. The van der Waals surface area contributed by atoms with Gasteiger partial charge >= 0.3 is 0 Å². The number of hydrogen-bond acceptors (Lipinski definition) is 2. The molecule has 0 bridgehead atoms. The summed E-state index contributed by atoms with van der Waals surface area (Å²) in [5.41, 5.74) is 0.864. The lowest BCUT2D eigenvalue weighted by Crippen LogP contribution is -2.46. The maximum atomic E-state index is 10.1. The molecule has 2 nitrogen and oxygen atoms in total. The third-order valence-electron chi connectivity index (χ3n) is 3.49. The van der Waals surface area contributed by atoms with Crippen LogP contribution in [0.5, 0.6) is 5.75 Å². The van der Waals surface area contributed by atoms with Gasteiger partial charge in [0, 0.05) is 16.5 Å². The van der Waals surface area contributed by atoms with Crippen molar-refractivity contribution in [2.45, 2.75) is 37.4 Å². The van der Waals surface area contributed by atoms with Crippen LogP contribution < -0.4 is 4.74 Å². The molecule has 1 unspecified atom stereocenters. The highest BCUT2D eigenvalue weighted by atomic mass is 79.9.